The first-order chi connectivity index (χ1) is 7.06. The molecule has 2 unspecified atom stereocenters. The number of benzene rings is 1. The minimum absolute atomic E-state index is 0.0940. The highest BCUT2D eigenvalue weighted by Gasteiger charge is 2.19. The van der Waals surface area contributed by atoms with E-state index in [0.29, 0.717) is 10.6 Å². The maximum Gasteiger partial charge on any atom is 0.106 e. The summed E-state index contributed by atoms with van der Waals surface area (Å²) in [6.45, 7) is 1.80. The maximum atomic E-state index is 9.75. The van der Waals surface area contributed by atoms with E-state index in [2.05, 4.69) is 0 Å². The second kappa shape index (κ2) is 5.13. The van der Waals surface area contributed by atoms with Crippen LogP contribution in [0.5, 0.6) is 0 Å². The lowest BCUT2D eigenvalue weighted by Crippen LogP contribution is -2.18. The maximum absolute atomic E-state index is 9.75. The van der Waals surface area contributed by atoms with Gasteiger partial charge in [-0.2, -0.15) is 5.26 Å². The summed E-state index contributed by atoms with van der Waals surface area (Å²) in [6, 6.07) is 6.82. The number of rotatable bonds is 3. The van der Waals surface area contributed by atoms with Gasteiger partial charge in [-0.25, -0.2) is 0 Å². The van der Waals surface area contributed by atoms with E-state index in [-0.39, 0.29) is 6.42 Å². The van der Waals surface area contributed by atoms with Gasteiger partial charge < -0.3 is 10.2 Å². The fourth-order valence-electron chi connectivity index (χ4n) is 1.38. The molecule has 4 heteroatoms. The number of hydrogen-bond acceptors (Lipinski definition) is 3. The van der Waals surface area contributed by atoms with Crippen LogP contribution < -0.4 is 0 Å². The van der Waals surface area contributed by atoms with Crippen molar-refractivity contribution in [1.29, 1.82) is 5.26 Å². The molecule has 2 N–H and O–H groups in total. The molecule has 15 heavy (non-hydrogen) atoms. The third kappa shape index (κ3) is 2.93. The van der Waals surface area contributed by atoms with Gasteiger partial charge in [0.05, 0.1) is 18.6 Å². The van der Waals surface area contributed by atoms with Crippen molar-refractivity contribution >= 4 is 11.6 Å². The molecule has 0 amide bonds. The Kier molecular flexibility index (Phi) is 4.10. The Bertz CT molecular complexity index is 387. The van der Waals surface area contributed by atoms with Gasteiger partial charge in [0.2, 0.25) is 0 Å². The lowest BCUT2D eigenvalue weighted by atomic mass is 9.98. The summed E-state index contributed by atoms with van der Waals surface area (Å²) in [5.74, 6) is 0. The van der Waals surface area contributed by atoms with Crippen LogP contribution in [-0.4, -0.2) is 16.3 Å². The summed E-state index contributed by atoms with van der Waals surface area (Å²) in [5.41, 5.74) is 1.40. The molecular weight excluding hydrogens is 214 g/mol. The van der Waals surface area contributed by atoms with Crippen LogP contribution in [0.4, 0.5) is 0 Å². The highest BCUT2D eigenvalue weighted by molar-refractivity contribution is 6.30. The Morgan fingerprint density at radius 3 is 2.67 bits per heavy atom. The molecule has 1 aromatic carbocycles. The van der Waals surface area contributed by atoms with E-state index in [4.69, 9.17) is 16.9 Å². The van der Waals surface area contributed by atoms with Crippen molar-refractivity contribution in [3.05, 3.63) is 34.3 Å². The van der Waals surface area contributed by atoms with Gasteiger partial charge in [-0.1, -0.05) is 17.7 Å². The fraction of sp³-hybridized carbons (Fsp3) is 0.364. The Morgan fingerprint density at radius 1 is 1.47 bits per heavy atom. The van der Waals surface area contributed by atoms with Gasteiger partial charge in [0.1, 0.15) is 6.10 Å². The second-order valence-corrected chi connectivity index (χ2v) is 3.81. The van der Waals surface area contributed by atoms with E-state index in [1.165, 1.54) is 0 Å². The molecule has 0 fully saturated rings. The molecule has 0 saturated heterocycles. The molecule has 0 saturated carbocycles. The molecule has 0 aliphatic rings. The van der Waals surface area contributed by atoms with Crippen molar-refractivity contribution < 1.29 is 10.2 Å². The number of nitriles is 1. The van der Waals surface area contributed by atoms with Gasteiger partial charge in [0, 0.05) is 5.02 Å². The first-order valence-electron chi connectivity index (χ1n) is 4.55. The molecule has 0 radical (unpaired) electrons. The van der Waals surface area contributed by atoms with E-state index in [0.717, 1.165) is 5.56 Å². The monoisotopic (exact) mass is 225 g/mol. The van der Waals surface area contributed by atoms with Gasteiger partial charge in [0.15, 0.2) is 0 Å². The number of aliphatic hydroxyl groups is 2. The van der Waals surface area contributed by atoms with Crippen LogP contribution in [0, 0.1) is 18.3 Å². The van der Waals surface area contributed by atoms with Gasteiger partial charge >= 0.3 is 0 Å². The van der Waals surface area contributed by atoms with Crippen LogP contribution in [0.1, 0.15) is 23.7 Å². The number of aryl methyl sites for hydroxylation is 1. The zero-order valence-electron chi connectivity index (χ0n) is 8.31. The quantitative estimate of drug-likeness (QED) is 0.827. The summed E-state index contributed by atoms with van der Waals surface area (Å²) in [7, 11) is 0. The van der Waals surface area contributed by atoms with Crippen molar-refractivity contribution in [2.45, 2.75) is 25.6 Å². The molecule has 0 aromatic heterocycles. The first-order valence-corrected chi connectivity index (χ1v) is 4.93. The summed E-state index contributed by atoms with van der Waals surface area (Å²) >= 11 is 5.77. The number of aliphatic hydroxyl groups excluding tert-OH is 2. The van der Waals surface area contributed by atoms with E-state index < -0.39 is 12.2 Å². The summed E-state index contributed by atoms with van der Waals surface area (Å²) < 4.78 is 0. The molecule has 80 valence electrons. The van der Waals surface area contributed by atoms with Crippen molar-refractivity contribution in [1.82, 2.24) is 0 Å². The summed E-state index contributed by atoms with van der Waals surface area (Å²) in [6.07, 6.45) is -2.19. The topological polar surface area (TPSA) is 64.2 Å². The molecule has 1 aromatic rings. The average Bonchev–Trinajstić information content (AvgIpc) is 2.17. The second-order valence-electron chi connectivity index (χ2n) is 3.38. The largest absolute Gasteiger partial charge is 0.389 e. The predicted octanol–water partition coefficient (Wildman–Crippen LogP) is 1.96. The van der Waals surface area contributed by atoms with Crippen LogP contribution in [0.15, 0.2) is 18.2 Å². The Hall–Kier alpha value is -1.08. The fourth-order valence-corrected chi connectivity index (χ4v) is 1.61. The number of halogens is 1. The molecule has 1 rings (SSSR count). The molecule has 2 atom stereocenters. The van der Waals surface area contributed by atoms with Gasteiger partial charge in [-0.05, 0) is 30.2 Å². The normalized spacial score (nSPS) is 14.3. The van der Waals surface area contributed by atoms with E-state index in [9.17, 15) is 10.2 Å². The highest BCUT2D eigenvalue weighted by atomic mass is 35.5. The summed E-state index contributed by atoms with van der Waals surface area (Å²) in [5, 5.41) is 28.2. The Labute approximate surface area is 93.5 Å². The molecule has 0 spiro atoms. The van der Waals surface area contributed by atoms with Crippen LogP contribution >= 0.6 is 11.6 Å². The lowest BCUT2D eigenvalue weighted by Gasteiger charge is -2.17. The van der Waals surface area contributed by atoms with E-state index >= 15 is 0 Å². The average molecular weight is 226 g/mol. The predicted molar refractivity (Wildman–Crippen MR) is 57.4 cm³/mol. The van der Waals surface area contributed by atoms with Crippen LogP contribution in [0.2, 0.25) is 5.02 Å². The van der Waals surface area contributed by atoms with Crippen LogP contribution in [0.3, 0.4) is 0 Å². The van der Waals surface area contributed by atoms with Crippen LogP contribution in [0.25, 0.3) is 0 Å². The number of nitrogens with zero attached hydrogens (tertiary/aromatic N) is 1. The third-order valence-corrected chi connectivity index (χ3v) is 2.45. The molecule has 0 bridgehead atoms. The van der Waals surface area contributed by atoms with Gasteiger partial charge in [-0.15, -0.1) is 0 Å². The van der Waals surface area contributed by atoms with Crippen LogP contribution in [-0.2, 0) is 0 Å². The Morgan fingerprint density at radius 2 is 2.13 bits per heavy atom. The zero-order chi connectivity index (χ0) is 11.4. The zero-order valence-corrected chi connectivity index (χ0v) is 9.07. The number of hydrogen-bond donors (Lipinski definition) is 2. The standard InChI is InChI=1S/C11H12ClNO2/c1-7-6-8(12)2-3-9(7)11(15)10(14)4-5-13/h2-3,6,10-11,14-15H,4H2,1H3. The van der Waals surface area contributed by atoms with Crippen molar-refractivity contribution in [3.63, 3.8) is 0 Å². The van der Waals surface area contributed by atoms with Gasteiger partial charge in [-0.3, -0.25) is 0 Å². The van der Waals surface area contributed by atoms with E-state index in [1.807, 2.05) is 6.07 Å². The molecule has 3 nitrogen and oxygen atoms in total. The molecule has 0 heterocycles. The summed E-state index contributed by atoms with van der Waals surface area (Å²) in [4.78, 5) is 0. The smallest absolute Gasteiger partial charge is 0.106 e. The Balaban J connectivity index is 2.91. The van der Waals surface area contributed by atoms with E-state index in [1.54, 1.807) is 25.1 Å². The SMILES string of the molecule is Cc1cc(Cl)ccc1C(O)C(O)CC#N. The minimum atomic E-state index is -1.06. The van der Waals surface area contributed by atoms with Crippen molar-refractivity contribution in [2.75, 3.05) is 0 Å². The lowest BCUT2D eigenvalue weighted by molar-refractivity contribution is 0.0212. The molecular formula is C11H12ClNO2. The minimum Gasteiger partial charge on any atom is -0.389 e. The molecule has 0 aliphatic carbocycles. The van der Waals surface area contributed by atoms with Crippen molar-refractivity contribution in [3.8, 4) is 6.07 Å². The molecule has 0 aliphatic heterocycles. The van der Waals surface area contributed by atoms with Gasteiger partial charge in [0.25, 0.3) is 0 Å². The van der Waals surface area contributed by atoms with Crippen molar-refractivity contribution in [2.24, 2.45) is 0 Å². The third-order valence-electron chi connectivity index (χ3n) is 2.22. The highest BCUT2D eigenvalue weighted by Crippen LogP contribution is 2.24. The first kappa shape index (κ1) is 12.0.